The second-order valence-electron chi connectivity index (χ2n) is 5.51. The Bertz CT molecular complexity index is 850. The van der Waals surface area contributed by atoms with Crippen molar-refractivity contribution >= 4 is 40.1 Å². The van der Waals surface area contributed by atoms with Crippen LogP contribution in [0.1, 0.15) is 13.3 Å². The summed E-state index contributed by atoms with van der Waals surface area (Å²) in [5, 5.41) is 12.3. The normalized spacial score (nSPS) is 11.0. The van der Waals surface area contributed by atoms with Crippen molar-refractivity contribution in [3.63, 3.8) is 0 Å². The number of aryl methyl sites for hydroxylation is 1. The summed E-state index contributed by atoms with van der Waals surface area (Å²) in [7, 11) is 1.86. The zero-order valence-electron chi connectivity index (χ0n) is 14.3. The Kier molecular flexibility index (Phi) is 5.67. The third-order valence-electron chi connectivity index (χ3n) is 3.63. The van der Waals surface area contributed by atoms with Crippen LogP contribution in [0.25, 0.3) is 11.0 Å². The first kappa shape index (κ1) is 17.4. The second kappa shape index (κ2) is 8.13. The van der Waals surface area contributed by atoms with E-state index in [2.05, 4.69) is 25.7 Å². The molecule has 3 aromatic rings. The molecule has 132 valence electrons. The fourth-order valence-electron chi connectivity index (χ4n) is 2.42. The molecule has 8 heteroatoms. The van der Waals surface area contributed by atoms with E-state index in [1.165, 1.54) is 0 Å². The fourth-order valence-corrected chi connectivity index (χ4v) is 2.61. The van der Waals surface area contributed by atoms with E-state index in [1.54, 1.807) is 10.9 Å². The van der Waals surface area contributed by atoms with E-state index in [0.29, 0.717) is 23.4 Å². The number of rotatable bonds is 8. The molecule has 0 saturated carbocycles. The first-order chi connectivity index (χ1) is 12.2. The molecular formula is C17H21ClN6O. The minimum Gasteiger partial charge on any atom is -0.382 e. The van der Waals surface area contributed by atoms with Gasteiger partial charge >= 0.3 is 0 Å². The van der Waals surface area contributed by atoms with Crippen LogP contribution in [-0.2, 0) is 11.8 Å². The molecule has 0 saturated heterocycles. The second-order valence-corrected chi connectivity index (χ2v) is 5.95. The highest BCUT2D eigenvalue weighted by Crippen LogP contribution is 2.26. The smallest absolute Gasteiger partial charge is 0.226 e. The lowest BCUT2D eigenvalue weighted by molar-refractivity contribution is 0.147. The Hall–Kier alpha value is -2.38. The average molecular weight is 361 g/mol. The van der Waals surface area contributed by atoms with Gasteiger partial charge in [-0.15, -0.1) is 0 Å². The van der Waals surface area contributed by atoms with E-state index in [9.17, 15) is 0 Å². The first-order valence-corrected chi connectivity index (χ1v) is 8.59. The van der Waals surface area contributed by atoms with E-state index in [-0.39, 0.29) is 0 Å². The molecule has 0 amide bonds. The molecule has 0 aliphatic rings. The van der Waals surface area contributed by atoms with Crippen molar-refractivity contribution in [2.45, 2.75) is 13.3 Å². The maximum absolute atomic E-state index is 6.06. The van der Waals surface area contributed by atoms with Gasteiger partial charge in [0.1, 0.15) is 5.82 Å². The first-order valence-electron chi connectivity index (χ1n) is 8.21. The number of fused-ring (bicyclic) bond motifs is 1. The predicted molar refractivity (Wildman–Crippen MR) is 101 cm³/mol. The minimum absolute atomic E-state index is 0.553. The quantitative estimate of drug-likeness (QED) is 0.598. The molecule has 1 aromatic carbocycles. The summed E-state index contributed by atoms with van der Waals surface area (Å²) >= 11 is 6.06. The molecule has 0 unspecified atom stereocenters. The third-order valence-corrected chi connectivity index (χ3v) is 3.87. The number of halogens is 1. The molecule has 0 aliphatic carbocycles. The summed E-state index contributed by atoms with van der Waals surface area (Å²) in [5.74, 6) is 1.24. The summed E-state index contributed by atoms with van der Waals surface area (Å²) in [6.07, 6.45) is 2.64. The highest BCUT2D eigenvalue weighted by molar-refractivity contribution is 6.30. The van der Waals surface area contributed by atoms with E-state index in [1.807, 2.05) is 38.2 Å². The average Bonchev–Trinajstić information content (AvgIpc) is 2.96. The molecule has 7 nitrogen and oxygen atoms in total. The van der Waals surface area contributed by atoms with Gasteiger partial charge in [-0.3, -0.25) is 4.68 Å². The van der Waals surface area contributed by atoms with Gasteiger partial charge < -0.3 is 15.4 Å². The van der Waals surface area contributed by atoms with Crippen LogP contribution >= 0.6 is 11.6 Å². The number of anilines is 3. The van der Waals surface area contributed by atoms with Gasteiger partial charge in [0.05, 0.1) is 11.6 Å². The van der Waals surface area contributed by atoms with Crippen molar-refractivity contribution in [1.82, 2.24) is 19.7 Å². The van der Waals surface area contributed by atoms with Gasteiger partial charge in [0, 0.05) is 37.5 Å². The number of aromatic nitrogens is 4. The van der Waals surface area contributed by atoms with Crippen LogP contribution in [0.5, 0.6) is 0 Å². The molecule has 2 N–H and O–H groups in total. The van der Waals surface area contributed by atoms with Gasteiger partial charge in [0.2, 0.25) is 5.95 Å². The lowest BCUT2D eigenvalue weighted by atomic mass is 10.3. The molecule has 0 bridgehead atoms. The molecule has 0 spiro atoms. The van der Waals surface area contributed by atoms with Crippen molar-refractivity contribution in [2.24, 2.45) is 7.05 Å². The minimum atomic E-state index is 0.553. The molecule has 0 aliphatic heterocycles. The van der Waals surface area contributed by atoms with Crippen LogP contribution < -0.4 is 10.6 Å². The van der Waals surface area contributed by atoms with Crippen molar-refractivity contribution in [1.29, 1.82) is 0 Å². The van der Waals surface area contributed by atoms with Crippen LogP contribution in [0.2, 0.25) is 5.02 Å². The lowest BCUT2D eigenvalue weighted by Crippen LogP contribution is -2.10. The molecule has 3 rings (SSSR count). The Morgan fingerprint density at radius 1 is 1.28 bits per heavy atom. The maximum Gasteiger partial charge on any atom is 0.226 e. The SMILES string of the molecule is CCOCCCNc1nc(Nc2cccc(Cl)c2)c2cnn(C)c2n1. The zero-order valence-corrected chi connectivity index (χ0v) is 15.0. The monoisotopic (exact) mass is 360 g/mol. The highest BCUT2D eigenvalue weighted by Gasteiger charge is 2.12. The van der Waals surface area contributed by atoms with E-state index >= 15 is 0 Å². The maximum atomic E-state index is 6.06. The van der Waals surface area contributed by atoms with Gasteiger partial charge in [0.25, 0.3) is 0 Å². The number of nitrogens with zero attached hydrogens (tertiary/aromatic N) is 4. The van der Waals surface area contributed by atoms with E-state index in [0.717, 1.165) is 36.3 Å². The Balaban J connectivity index is 1.83. The summed E-state index contributed by atoms with van der Waals surface area (Å²) in [6, 6.07) is 7.50. The number of hydrogen-bond donors (Lipinski definition) is 2. The van der Waals surface area contributed by atoms with Gasteiger partial charge in [-0.25, -0.2) is 0 Å². The number of hydrogen-bond acceptors (Lipinski definition) is 6. The van der Waals surface area contributed by atoms with E-state index < -0.39 is 0 Å². The number of ether oxygens (including phenoxy) is 1. The number of nitrogens with one attached hydrogen (secondary N) is 2. The largest absolute Gasteiger partial charge is 0.382 e. The number of benzene rings is 1. The summed E-state index contributed by atoms with van der Waals surface area (Å²) in [5.41, 5.74) is 1.62. The summed E-state index contributed by atoms with van der Waals surface area (Å²) in [4.78, 5) is 9.13. The van der Waals surface area contributed by atoms with Crippen molar-refractivity contribution in [3.8, 4) is 0 Å². The Morgan fingerprint density at radius 2 is 2.16 bits per heavy atom. The summed E-state index contributed by atoms with van der Waals surface area (Å²) in [6.45, 7) is 4.16. The topological polar surface area (TPSA) is 76.9 Å². The molecule has 2 aromatic heterocycles. The van der Waals surface area contributed by atoms with Crippen LogP contribution in [-0.4, -0.2) is 39.5 Å². The third kappa shape index (κ3) is 4.37. The highest BCUT2D eigenvalue weighted by atomic mass is 35.5. The summed E-state index contributed by atoms with van der Waals surface area (Å²) < 4.78 is 7.07. The van der Waals surface area contributed by atoms with Crippen LogP contribution in [0.4, 0.5) is 17.5 Å². The lowest BCUT2D eigenvalue weighted by Gasteiger charge is -2.10. The molecule has 2 heterocycles. The van der Waals surface area contributed by atoms with E-state index in [4.69, 9.17) is 16.3 Å². The van der Waals surface area contributed by atoms with Gasteiger partial charge in [-0.1, -0.05) is 17.7 Å². The van der Waals surface area contributed by atoms with Crippen LogP contribution in [0, 0.1) is 0 Å². The zero-order chi connectivity index (χ0) is 17.6. The van der Waals surface area contributed by atoms with Gasteiger partial charge in [-0.2, -0.15) is 15.1 Å². The predicted octanol–water partition coefficient (Wildman–Crippen LogP) is 3.60. The van der Waals surface area contributed by atoms with Crippen molar-refractivity contribution in [3.05, 3.63) is 35.5 Å². The van der Waals surface area contributed by atoms with Crippen molar-refractivity contribution < 1.29 is 4.74 Å². The van der Waals surface area contributed by atoms with Crippen LogP contribution in [0.15, 0.2) is 30.5 Å². The van der Waals surface area contributed by atoms with Gasteiger partial charge in [-0.05, 0) is 31.5 Å². The van der Waals surface area contributed by atoms with Gasteiger partial charge in [0.15, 0.2) is 5.65 Å². The fraction of sp³-hybridized carbons (Fsp3) is 0.353. The van der Waals surface area contributed by atoms with Crippen LogP contribution in [0.3, 0.4) is 0 Å². The molecule has 0 atom stereocenters. The molecule has 0 radical (unpaired) electrons. The molecular weight excluding hydrogens is 340 g/mol. The Labute approximate surface area is 151 Å². The molecule has 25 heavy (non-hydrogen) atoms. The molecule has 0 fully saturated rings. The standard InChI is InChI=1S/C17H21ClN6O/c1-3-25-9-5-8-19-17-22-15(14-11-20-24(2)16(14)23-17)21-13-7-4-6-12(18)10-13/h4,6-7,10-11H,3,5,8-9H2,1-2H3,(H2,19,21,22,23). The Morgan fingerprint density at radius 3 is 2.96 bits per heavy atom. The van der Waals surface area contributed by atoms with Crippen molar-refractivity contribution in [2.75, 3.05) is 30.4 Å².